The first-order chi connectivity index (χ1) is 12.5. The average molecular weight is 365 g/mol. The van der Waals surface area contributed by atoms with Crippen molar-refractivity contribution in [2.24, 2.45) is 0 Å². The lowest BCUT2D eigenvalue weighted by atomic mass is 10.1. The van der Waals surface area contributed by atoms with E-state index in [-0.39, 0.29) is 24.7 Å². The largest absolute Gasteiger partial charge is 0.453 e. The zero-order chi connectivity index (χ0) is 18.3. The van der Waals surface area contributed by atoms with Gasteiger partial charge in [0.05, 0.1) is 6.42 Å². The molecule has 2 aromatic carbocycles. The smallest absolute Gasteiger partial charge is 0.348 e. The number of hydrogen-bond acceptors (Lipinski definition) is 5. The summed E-state index contributed by atoms with van der Waals surface area (Å²) in [6.45, 7) is -0.324. The van der Waals surface area contributed by atoms with E-state index in [0.29, 0.717) is 10.4 Å². The van der Waals surface area contributed by atoms with Crippen molar-refractivity contribution in [3.8, 4) is 0 Å². The Hall–Kier alpha value is -2.99. The maximum absolute atomic E-state index is 12.3. The Morgan fingerprint density at radius 3 is 2.77 bits per heavy atom. The van der Waals surface area contributed by atoms with Crippen LogP contribution in [0, 0.1) is 0 Å². The summed E-state index contributed by atoms with van der Waals surface area (Å²) in [6.07, 6.45) is 0.286. The van der Waals surface area contributed by atoms with Gasteiger partial charge in [0.2, 0.25) is 5.91 Å². The minimum atomic E-state index is -0.504. The Labute approximate surface area is 153 Å². The lowest BCUT2D eigenvalue weighted by molar-refractivity contribution is -0.117. The van der Waals surface area contributed by atoms with Crippen LogP contribution < -0.4 is 4.90 Å². The first-order valence-corrected chi connectivity index (χ1v) is 8.93. The summed E-state index contributed by atoms with van der Waals surface area (Å²) in [7, 11) is 1.71. The molecular formula is C20H15NO4S. The van der Waals surface area contributed by atoms with Crippen LogP contribution in [0.25, 0.3) is 10.1 Å². The van der Waals surface area contributed by atoms with E-state index < -0.39 is 5.97 Å². The van der Waals surface area contributed by atoms with Crippen LogP contribution in [0.3, 0.4) is 0 Å². The molecule has 0 radical (unpaired) electrons. The molecule has 4 rings (SSSR count). The third-order valence-corrected chi connectivity index (χ3v) is 5.54. The molecule has 1 aliphatic rings. The van der Waals surface area contributed by atoms with Crippen LogP contribution in [0.2, 0.25) is 0 Å². The summed E-state index contributed by atoms with van der Waals surface area (Å²) in [5.41, 5.74) is 2.07. The first kappa shape index (κ1) is 16.5. The Bertz CT molecular complexity index is 1020. The van der Waals surface area contributed by atoms with Crippen molar-refractivity contribution in [3.63, 3.8) is 0 Å². The molecule has 0 fully saturated rings. The number of carbonyl (C=O) groups is 3. The van der Waals surface area contributed by atoms with Crippen LogP contribution in [0.5, 0.6) is 0 Å². The van der Waals surface area contributed by atoms with Crippen LogP contribution >= 0.6 is 11.3 Å². The van der Waals surface area contributed by atoms with Gasteiger partial charge in [0.1, 0.15) is 4.88 Å². The summed E-state index contributed by atoms with van der Waals surface area (Å²) in [4.78, 5) is 38.3. The minimum absolute atomic E-state index is 0.000730. The zero-order valence-corrected chi connectivity index (χ0v) is 14.8. The van der Waals surface area contributed by atoms with Gasteiger partial charge in [-0.15, -0.1) is 11.3 Å². The predicted molar refractivity (Wildman–Crippen MR) is 100.0 cm³/mol. The van der Waals surface area contributed by atoms with Gasteiger partial charge in [-0.25, -0.2) is 4.79 Å². The standard InChI is InChI=1S/C20H15NO4S/c1-21-15-7-6-12(8-14(15)10-19(21)23)16(22)11-25-20(24)18-9-13-4-2-3-5-17(13)26-18/h2-9H,10-11H2,1H3. The molecule has 0 saturated heterocycles. The highest BCUT2D eigenvalue weighted by Crippen LogP contribution is 2.29. The van der Waals surface area contributed by atoms with Crippen LogP contribution in [0.1, 0.15) is 25.6 Å². The molecule has 3 aromatic rings. The number of fused-ring (bicyclic) bond motifs is 2. The molecule has 6 heteroatoms. The number of Topliss-reactive ketones (excluding diaryl/α,β-unsaturated/α-hetero) is 1. The molecule has 0 unspecified atom stereocenters. The van der Waals surface area contributed by atoms with E-state index in [2.05, 4.69) is 0 Å². The van der Waals surface area contributed by atoms with E-state index in [0.717, 1.165) is 21.3 Å². The fraction of sp³-hybridized carbons (Fsp3) is 0.150. The molecule has 1 aromatic heterocycles. The number of thiophene rings is 1. The Morgan fingerprint density at radius 1 is 1.15 bits per heavy atom. The molecule has 0 saturated carbocycles. The summed E-state index contributed by atoms with van der Waals surface area (Å²) >= 11 is 1.34. The first-order valence-electron chi connectivity index (χ1n) is 8.11. The van der Waals surface area contributed by atoms with Crippen molar-refractivity contribution < 1.29 is 19.1 Å². The number of anilines is 1. The Kier molecular flexibility index (Phi) is 4.05. The molecule has 0 aliphatic carbocycles. The molecule has 2 heterocycles. The van der Waals surface area contributed by atoms with Gasteiger partial charge in [-0.1, -0.05) is 18.2 Å². The minimum Gasteiger partial charge on any atom is -0.453 e. The van der Waals surface area contributed by atoms with Gasteiger partial charge in [0.15, 0.2) is 12.4 Å². The number of ether oxygens (including phenoxy) is 1. The summed E-state index contributed by atoms with van der Waals surface area (Å²) in [5, 5.41) is 0.975. The number of rotatable bonds is 4. The van der Waals surface area contributed by atoms with Crippen molar-refractivity contribution in [1.29, 1.82) is 0 Å². The summed E-state index contributed by atoms with van der Waals surface area (Å²) < 4.78 is 6.18. The van der Waals surface area contributed by atoms with Crippen molar-refractivity contribution in [2.45, 2.75) is 6.42 Å². The SMILES string of the molecule is CN1C(=O)Cc2cc(C(=O)COC(=O)c3cc4ccccc4s3)ccc21. The van der Waals surface area contributed by atoms with Crippen molar-refractivity contribution in [2.75, 3.05) is 18.6 Å². The maximum Gasteiger partial charge on any atom is 0.348 e. The Balaban J connectivity index is 1.45. The van der Waals surface area contributed by atoms with Crippen LogP contribution in [0.15, 0.2) is 48.5 Å². The molecule has 0 atom stereocenters. The normalized spacial score (nSPS) is 13.1. The summed E-state index contributed by atoms with van der Waals surface area (Å²) in [6, 6.07) is 14.6. The number of esters is 1. The fourth-order valence-electron chi connectivity index (χ4n) is 3.01. The second-order valence-corrected chi connectivity index (χ2v) is 7.20. The molecule has 1 amide bonds. The lowest BCUT2D eigenvalue weighted by Crippen LogP contribution is -2.20. The third-order valence-electron chi connectivity index (χ3n) is 4.44. The van der Waals surface area contributed by atoms with E-state index in [4.69, 9.17) is 4.74 Å². The number of ketones is 1. The van der Waals surface area contributed by atoms with Gasteiger partial charge in [-0.3, -0.25) is 9.59 Å². The number of nitrogens with zero attached hydrogens (tertiary/aromatic N) is 1. The predicted octanol–water partition coefficient (Wildman–Crippen LogP) is 3.46. The zero-order valence-electron chi connectivity index (χ0n) is 14.0. The van der Waals surface area contributed by atoms with Crippen LogP contribution in [-0.4, -0.2) is 31.3 Å². The quantitative estimate of drug-likeness (QED) is 0.525. The second kappa shape index (κ2) is 6.38. The van der Waals surface area contributed by atoms with Crippen LogP contribution in [-0.2, 0) is 16.0 Å². The third kappa shape index (κ3) is 2.88. The van der Waals surface area contributed by atoms with Crippen molar-refractivity contribution in [3.05, 3.63) is 64.5 Å². The van der Waals surface area contributed by atoms with E-state index >= 15 is 0 Å². The van der Waals surface area contributed by atoms with Crippen molar-refractivity contribution >= 4 is 44.8 Å². The number of likely N-dealkylation sites (N-methyl/N-ethyl adjacent to an activating group) is 1. The summed E-state index contributed by atoms with van der Waals surface area (Å²) in [5.74, 6) is -0.791. The monoisotopic (exact) mass is 365 g/mol. The molecule has 5 nitrogen and oxygen atoms in total. The average Bonchev–Trinajstić information content (AvgIpc) is 3.20. The molecule has 26 heavy (non-hydrogen) atoms. The van der Waals surface area contributed by atoms with Gasteiger partial charge < -0.3 is 9.64 Å². The Morgan fingerprint density at radius 2 is 1.96 bits per heavy atom. The molecule has 130 valence electrons. The molecule has 0 spiro atoms. The lowest BCUT2D eigenvalue weighted by Gasteiger charge is -2.10. The fourth-order valence-corrected chi connectivity index (χ4v) is 3.97. The maximum atomic E-state index is 12.3. The highest BCUT2D eigenvalue weighted by molar-refractivity contribution is 7.20. The van der Waals surface area contributed by atoms with Gasteiger partial charge >= 0.3 is 5.97 Å². The number of benzene rings is 2. The molecular weight excluding hydrogens is 350 g/mol. The second-order valence-electron chi connectivity index (χ2n) is 6.12. The van der Waals surface area contributed by atoms with Gasteiger partial charge in [0.25, 0.3) is 0 Å². The van der Waals surface area contributed by atoms with E-state index in [9.17, 15) is 14.4 Å². The number of carbonyl (C=O) groups excluding carboxylic acids is 3. The molecule has 0 bridgehead atoms. The molecule has 0 N–H and O–H groups in total. The van der Waals surface area contributed by atoms with E-state index in [1.54, 1.807) is 36.2 Å². The van der Waals surface area contributed by atoms with Crippen molar-refractivity contribution in [1.82, 2.24) is 0 Å². The highest BCUT2D eigenvalue weighted by atomic mass is 32.1. The van der Waals surface area contributed by atoms with E-state index in [1.165, 1.54) is 11.3 Å². The number of hydrogen-bond donors (Lipinski definition) is 0. The number of amides is 1. The van der Waals surface area contributed by atoms with Gasteiger partial charge in [-0.05, 0) is 41.3 Å². The highest BCUT2D eigenvalue weighted by Gasteiger charge is 2.25. The van der Waals surface area contributed by atoms with Crippen LogP contribution in [0.4, 0.5) is 5.69 Å². The topological polar surface area (TPSA) is 63.7 Å². The van der Waals surface area contributed by atoms with Gasteiger partial charge in [0, 0.05) is 23.0 Å². The molecule has 1 aliphatic heterocycles. The van der Waals surface area contributed by atoms with E-state index in [1.807, 2.05) is 24.3 Å². The van der Waals surface area contributed by atoms with Gasteiger partial charge in [-0.2, -0.15) is 0 Å².